The number of carbonyl (C=O) groups excluding carboxylic acids is 1. The summed E-state index contributed by atoms with van der Waals surface area (Å²) in [7, 11) is 1.49. The maximum Gasteiger partial charge on any atom is 0.243 e. The number of amides is 1. The Morgan fingerprint density at radius 3 is 2.30 bits per heavy atom. The van der Waals surface area contributed by atoms with Gasteiger partial charge >= 0.3 is 0 Å². The Balaban J connectivity index is 1.40. The monoisotopic (exact) mass is 482 g/mol. The van der Waals surface area contributed by atoms with Gasteiger partial charge in [-0.15, -0.1) is 0 Å². The fourth-order valence-corrected chi connectivity index (χ4v) is 5.86. The van der Waals surface area contributed by atoms with Gasteiger partial charge in [-0.1, -0.05) is 0 Å². The molecule has 3 rings (SSSR count). The number of ether oxygens (including phenoxy) is 2. The maximum absolute atomic E-state index is 13.0. The summed E-state index contributed by atoms with van der Waals surface area (Å²) >= 11 is 0. The van der Waals surface area contributed by atoms with Crippen LogP contribution in [0.25, 0.3) is 0 Å². The second-order valence-corrected chi connectivity index (χ2v) is 10.8. The molecule has 2 aliphatic rings. The minimum absolute atomic E-state index is 0.0396. The molecule has 2 fully saturated rings. The number of methoxy groups -OCH3 is 2. The van der Waals surface area contributed by atoms with Crippen molar-refractivity contribution in [3.8, 4) is 11.5 Å². The van der Waals surface area contributed by atoms with Crippen LogP contribution in [0.3, 0.4) is 0 Å². The molecule has 2 saturated heterocycles. The van der Waals surface area contributed by atoms with Crippen LogP contribution in [0.15, 0.2) is 23.1 Å². The van der Waals surface area contributed by atoms with Crippen molar-refractivity contribution in [2.75, 3.05) is 73.6 Å². The second-order valence-electron chi connectivity index (χ2n) is 8.84. The third-order valence-corrected chi connectivity index (χ3v) is 8.51. The number of nitrogens with one attached hydrogen (secondary N) is 1. The van der Waals surface area contributed by atoms with Gasteiger partial charge in [-0.3, -0.25) is 4.79 Å². The lowest BCUT2D eigenvalue weighted by atomic mass is 9.97. The number of benzene rings is 1. The van der Waals surface area contributed by atoms with Gasteiger partial charge in [0, 0.05) is 57.8 Å². The van der Waals surface area contributed by atoms with Crippen molar-refractivity contribution in [2.24, 2.45) is 5.92 Å². The Kier molecular flexibility index (Phi) is 9.37. The average molecular weight is 483 g/mol. The van der Waals surface area contributed by atoms with Crippen LogP contribution in [0.1, 0.15) is 25.7 Å². The molecule has 1 aromatic rings. The highest BCUT2D eigenvalue weighted by Gasteiger charge is 2.32. The summed E-state index contributed by atoms with van der Waals surface area (Å²) in [6, 6.07) is 4.60. The van der Waals surface area contributed by atoms with Crippen LogP contribution < -0.4 is 14.8 Å². The summed E-state index contributed by atoms with van der Waals surface area (Å²) in [5, 5.41) is 3.05. The summed E-state index contributed by atoms with van der Waals surface area (Å²) in [6.07, 6.45) is 3.09. The zero-order valence-electron chi connectivity index (χ0n) is 20.1. The fourth-order valence-electron chi connectivity index (χ4n) is 4.37. The largest absolute Gasteiger partial charge is 0.493 e. The van der Waals surface area contributed by atoms with Gasteiger partial charge in [0.1, 0.15) is 0 Å². The number of sulfonamides is 1. The molecular formula is C23H38N4O5S. The molecule has 1 amide bonds. The molecule has 186 valence electrons. The van der Waals surface area contributed by atoms with Crippen molar-refractivity contribution in [1.29, 1.82) is 0 Å². The van der Waals surface area contributed by atoms with Crippen molar-refractivity contribution >= 4 is 15.9 Å². The van der Waals surface area contributed by atoms with Gasteiger partial charge in [-0.25, -0.2) is 8.42 Å². The lowest BCUT2D eigenvalue weighted by Gasteiger charge is -2.32. The van der Waals surface area contributed by atoms with Crippen LogP contribution in [-0.2, 0) is 14.8 Å². The van der Waals surface area contributed by atoms with Crippen LogP contribution in [0.4, 0.5) is 0 Å². The molecule has 2 heterocycles. The zero-order chi connectivity index (χ0) is 23.8. The zero-order valence-corrected chi connectivity index (χ0v) is 20.9. The van der Waals surface area contributed by atoms with Crippen molar-refractivity contribution in [3.05, 3.63) is 18.2 Å². The topological polar surface area (TPSA) is 91.4 Å². The first-order chi connectivity index (χ1) is 15.8. The molecule has 2 aliphatic heterocycles. The first-order valence-corrected chi connectivity index (χ1v) is 13.2. The highest BCUT2D eigenvalue weighted by molar-refractivity contribution is 7.89. The first-order valence-electron chi connectivity index (χ1n) is 11.8. The first kappa shape index (κ1) is 25.7. The van der Waals surface area contributed by atoms with Crippen molar-refractivity contribution < 1.29 is 22.7 Å². The third-order valence-electron chi connectivity index (χ3n) is 6.61. The van der Waals surface area contributed by atoms with E-state index in [1.165, 1.54) is 30.7 Å². The molecule has 0 aromatic heterocycles. The van der Waals surface area contributed by atoms with E-state index in [-0.39, 0.29) is 16.7 Å². The Morgan fingerprint density at radius 1 is 1.00 bits per heavy atom. The molecule has 0 bridgehead atoms. The molecule has 33 heavy (non-hydrogen) atoms. The SMILES string of the molecule is COc1ccc(S(=O)(=O)N2CCC(C(=O)NCCCCN3CCN(C)CC3)CC2)cc1OC. The van der Waals surface area contributed by atoms with Gasteiger partial charge in [0.15, 0.2) is 11.5 Å². The fraction of sp³-hybridized carbons (Fsp3) is 0.696. The number of hydrogen-bond donors (Lipinski definition) is 1. The van der Waals surface area contributed by atoms with E-state index in [1.54, 1.807) is 6.07 Å². The predicted octanol–water partition coefficient (Wildman–Crippen LogP) is 1.25. The molecule has 0 aliphatic carbocycles. The molecule has 10 heteroatoms. The Labute approximate surface area is 198 Å². The van der Waals surface area contributed by atoms with E-state index < -0.39 is 10.0 Å². The molecule has 0 saturated carbocycles. The number of carbonyl (C=O) groups is 1. The number of unbranched alkanes of at least 4 members (excludes halogenated alkanes) is 1. The number of likely N-dealkylation sites (N-methyl/N-ethyl adjacent to an activating group) is 1. The Hall–Kier alpha value is -1.88. The smallest absolute Gasteiger partial charge is 0.243 e. The van der Waals surface area contributed by atoms with E-state index in [1.807, 2.05) is 0 Å². The standard InChI is InChI=1S/C23H38N4O5S/c1-25-14-16-26(17-15-25)11-5-4-10-24-23(28)19-8-12-27(13-9-19)33(29,30)20-6-7-21(31-2)22(18-20)32-3/h6-7,18-19H,4-5,8-17H2,1-3H3,(H,24,28). The molecular weight excluding hydrogens is 444 g/mol. The normalized spacial score (nSPS) is 19.4. The molecule has 1 aromatic carbocycles. The molecule has 9 nitrogen and oxygen atoms in total. The van der Waals surface area contributed by atoms with Crippen LogP contribution in [0.2, 0.25) is 0 Å². The van der Waals surface area contributed by atoms with Crippen molar-refractivity contribution in [2.45, 2.75) is 30.6 Å². The highest BCUT2D eigenvalue weighted by atomic mass is 32.2. The van der Waals surface area contributed by atoms with Crippen LogP contribution in [-0.4, -0.2) is 102 Å². The number of piperazine rings is 1. The van der Waals surface area contributed by atoms with Crippen molar-refractivity contribution in [3.63, 3.8) is 0 Å². The average Bonchev–Trinajstić information content (AvgIpc) is 2.84. The summed E-state index contributed by atoms with van der Waals surface area (Å²) in [5.41, 5.74) is 0. The number of piperidine rings is 1. The summed E-state index contributed by atoms with van der Waals surface area (Å²) in [4.78, 5) is 17.6. The van der Waals surface area contributed by atoms with Gasteiger partial charge in [-0.2, -0.15) is 4.31 Å². The predicted molar refractivity (Wildman–Crippen MR) is 127 cm³/mol. The Bertz CT molecular complexity index is 879. The minimum atomic E-state index is -3.65. The van der Waals surface area contributed by atoms with Gasteiger partial charge in [-0.05, 0) is 51.4 Å². The molecule has 0 spiro atoms. The Morgan fingerprint density at radius 2 is 1.67 bits per heavy atom. The van der Waals surface area contributed by atoms with E-state index >= 15 is 0 Å². The van der Waals surface area contributed by atoms with Crippen LogP contribution >= 0.6 is 0 Å². The van der Waals surface area contributed by atoms with Crippen LogP contribution in [0, 0.1) is 5.92 Å². The molecule has 0 unspecified atom stereocenters. The van der Waals surface area contributed by atoms with E-state index in [2.05, 4.69) is 22.2 Å². The lowest BCUT2D eigenvalue weighted by Crippen LogP contribution is -2.45. The van der Waals surface area contributed by atoms with Gasteiger partial charge in [0.2, 0.25) is 15.9 Å². The third kappa shape index (κ3) is 6.81. The van der Waals surface area contributed by atoms with Crippen LogP contribution in [0.5, 0.6) is 11.5 Å². The molecule has 0 radical (unpaired) electrons. The molecule has 1 N–H and O–H groups in total. The summed E-state index contributed by atoms with van der Waals surface area (Å²) in [6.45, 7) is 6.90. The lowest BCUT2D eigenvalue weighted by molar-refractivity contribution is -0.126. The van der Waals surface area contributed by atoms with Gasteiger partial charge < -0.3 is 24.6 Å². The minimum Gasteiger partial charge on any atom is -0.493 e. The molecule has 0 atom stereocenters. The van der Waals surface area contributed by atoms with E-state index in [0.717, 1.165) is 45.6 Å². The second kappa shape index (κ2) is 12.0. The number of hydrogen-bond acceptors (Lipinski definition) is 7. The quantitative estimate of drug-likeness (QED) is 0.502. The maximum atomic E-state index is 13.0. The van der Waals surface area contributed by atoms with Crippen molar-refractivity contribution in [1.82, 2.24) is 19.4 Å². The van der Waals surface area contributed by atoms with E-state index in [0.29, 0.717) is 44.0 Å². The van der Waals surface area contributed by atoms with Gasteiger partial charge in [0.25, 0.3) is 0 Å². The summed E-state index contributed by atoms with van der Waals surface area (Å²) in [5.74, 6) is 0.757. The van der Waals surface area contributed by atoms with E-state index in [4.69, 9.17) is 9.47 Å². The van der Waals surface area contributed by atoms with E-state index in [9.17, 15) is 13.2 Å². The number of rotatable bonds is 10. The number of nitrogens with zero attached hydrogens (tertiary/aromatic N) is 3. The highest BCUT2D eigenvalue weighted by Crippen LogP contribution is 2.32. The summed E-state index contributed by atoms with van der Waals surface area (Å²) < 4.78 is 38.0. The van der Waals surface area contributed by atoms with Gasteiger partial charge in [0.05, 0.1) is 19.1 Å².